The maximum absolute atomic E-state index is 12.5. The van der Waals surface area contributed by atoms with Crippen LogP contribution in [0, 0.1) is 5.92 Å². The smallest absolute Gasteiger partial charge is 0.414 e. The average Bonchev–Trinajstić information content (AvgIpc) is 2.76. The van der Waals surface area contributed by atoms with Gasteiger partial charge in [0.05, 0.1) is 6.04 Å². The molecule has 0 aliphatic carbocycles. The van der Waals surface area contributed by atoms with E-state index in [1.807, 2.05) is 24.3 Å². The summed E-state index contributed by atoms with van der Waals surface area (Å²) < 4.78 is 0. The normalized spacial score (nSPS) is 15.4. The van der Waals surface area contributed by atoms with E-state index in [1.165, 1.54) is 5.56 Å². The van der Waals surface area contributed by atoms with E-state index in [1.54, 1.807) is 0 Å². The molecule has 1 saturated heterocycles. The quantitative estimate of drug-likeness (QED) is 0.652. The van der Waals surface area contributed by atoms with Crippen LogP contribution in [0.3, 0.4) is 0 Å². The third kappa shape index (κ3) is 7.67. The molecule has 0 aromatic heterocycles. The summed E-state index contributed by atoms with van der Waals surface area (Å²) >= 11 is 0. The van der Waals surface area contributed by atoms with Gasteiger partial charge in [0, 0.05) is 12.5 Å². The predicted molar refractivity (Wildman–Crippen MR) is 113 cm³/mol. The van der Waals surface area contributed by atoms with Crippen molar-refractivity contribution in [1.29, 1.82) is 0 Å². The Morgan fingerprint density at radius 2 is 1.43 bits per heavy atom. The molecule has 2 aromatic carbocycles. The fraction of sp³-hybridized carbons (Fsp3) is 0.348. The van der Waals surface area contributed by atoms with Crippen molar-refractivity contribution in [2.45, 2.75) is 32.4 Å². The van der Waals surface area contributed by atoms with Gasteiger partial charge in [-0.15, -0.1) is 0 Å². The van der Waals surface area contributed by atoms with Gasteiger partial charge in [-0.25, -0.2) is 9.59 Å². The van der Waals surface area contributed by atoms with Crippen molar-refractivity contribution in [1.82, 2.24) is 10.2 Å². The minimum absolute atomic E-state index is 0.0704. The number of carboxylic acid groups (broad SMARTS) is 2. The lowest BCUT2D eigenvalue weighted by Gasteiger charge is -2.32. The lowest BCUT2D eigenvalue weighted by Crippen LogP contribution is -2.40. The highest BCUT2D eigenvalue weighted by Crippen LogP contribution is 2.21. The largest absolute Gasteiger partial charge is 0.473 e. The van der Waals surface area contributed by atoms with Gasteiger partial charge in [-0.2, -0.15) is 0 Å². The first-order valence-corrected chi connectivity index (χ1v) is 9.94. The van der Waals surface area contributed by atoms with Crippen molar-refractivity contribution in [2.75, 3.05) is 13.1 Å². The molecule has 1 aliphatic heterocycles. The molecule has 0 radical (unpaired) electrons. The van der Waals surface area contributed by atoms with E-state index in [0.29, 0.717) is 0 Å². The van der Waals surface area contributed by atoms with Gasteiger partial charge in [0.15, 0.2) is 0 Å². The Kier molecular flexibility index (Phi) is 9.03. The van der Waals surface area contributed by atoms with Crippen LogP contribution in [0.2, 0.25) is 0 Å². The van der Waals surface area contributed by atoms with Gasteiger partial charge < -0.3 is 15.5 Å². The van der Waals surface area contributed by atoms with E-state index in [2.05, 4.69) is 53.5 Å². The summed E-state index contributed by atoms with van der Waals surface area (Å²) in [7, 11) is 0. The van der Waals surface area contributed by atoms with Gasteiger partial charge in [0.25, 0.3) is 0 Å². The number of amides is 1. The number of nitrogens with one attached hydrogen (secondary N) is 1. The van der Waals surface area contributed by atoms with Crippen molar-refractivity contribution >= 4 is 17.8 Å². The van der Waals surface area contributed by atoms with Crippen LogP contribution in [0.5, 0.6) is 0 Å². The van der Waals surface area contributed by atoms with Gasteiger partial charge >= 0.3 is 11.9 Å². The predicted octanol–water partition coefficient (Wildman–Crippen LogP) is 2.93. The van der Waals surface area contributed by atoms with Crippen LogP contribution >= 0.6 is 0 Å². The average molecular weight is 412 g/mol. The third-order valence-corrected chi connectivity index (χ3v) is 5.05. The number of hydrogen-bond acceptors (Lipinski definition) is 4. The second-order valence-corrected chi connectivity index (χ2v) is 7.29. The third-order valence-electron chi connectivity index (χ3n) is 5.05. The first kappa shape index (κ1) is 23.1. The molecule has 1 amide bonds. The number of carboxylic acids is 2. The maximum atomic E-state index is 12.5. The Morgan fingerprint density at radius 1 is 0.933 bits per heavy atom. The molecule has 1 heterocycles. The van der Waals surface area contributed by atoms with Crippen molar-refractivity contribution in [3.63, 3.8) is 0 Å². The Morgan fingerprint density at radius 3 is 1.93 bits per heavy atom. The molecule has 0 bridgehead atoms. The Hall–Kier alpha value is -3.19. The Labute approximate surface area is 176 Å². The van der Waals surface area contributed by atoms with Gasteiger partial charge in [-0.3, -0.25) is 9.69 Å². The summed E-state index contributed by atoms with van der Waals surface area (Å²) in [5.74, 6) is -3.31. The summed E-state index contributed by atoms with van der Waals surface area (Å²) in [5.41, 5.74) is 2.51. The Balaban J connectivity index is 0.000000469. The van der Waals surface area contributed by atoms with Gasteiger partial charge in [-0.1, -0.05) is 60.7 Å². The molecule has 1 atom stereocenters. The topological polar surface area (TPSA) is 107 Å². The number of carbonyl (C=O) groups excluding carboxylic acids is 1. The zero-order chi connectivity index (χ0) is 21.9. The number of carbonyl (C=O) groups is 3. The monoisotopic (exact) mass is 412 g/mol. The van der Waals surface area contributed by atoms with Crippen molar-refractivity contribution in [3.8, 4) is 0 Å². The second-order valence-electron chi connectivity index (χ2n) is 7.29. The zero-order valence-electron chi connectivity index (χ0n) is 17.0. The number of piperidine rings is 1. The van der Waals surface area contributed by atoms with E-state index in [0.717, 1.165) is 38.0 Å². The first-order chi connectivity index (χ1) is 14.4. The lowest BCUT2D eigenvalue weighted by molar-refractivity contribution is -0.159. The van der Waals surface area contributed by atoms with E-state index < -0.39 is 11.9 Å². The molecule has 0 spiro atoms. The minimum atomic E-state index is -1.82. The number of hydrogen-bond donors (Lipinski definition) is 3. The second kappa shape index (κ2) is 11.7. The van der Waals surface area contributed by atoms with Crippen LogP contribution in [-0.2, 0) is 20.9 Å². The van der Waals surface area contributed by atoms with Crippen LogP contribution in [0.15, 0.2) is 60.7 Å². The standard InChI is InChI=1S/C21H26N2O.C2H2O4/c1-17(19-10-6-3-7-11-19)22-21(24)20-12-14-23(15-13-20)16-18-8-4-2-5-9-18;3-1(4)2(5)6/h2-11,17,20H,12-16H2,1H3,(H,22,24);(H,3,4)(H,5,6)/t17-;/m1./s1. The highest BCUT2D eigenvalue weighted by molar-refractivity contribution is 6.27. The highest BCUT2D eigenvalue weighted by atomic mass is 16.4. The van der Waals surface area contributed by atoms with Crippen LogP contribution in [0.25, 0.3) is 0 Å². The summed E-state index contributed by atoms with van der Waals surface area (Å²) in [6.07, 6.45) is 1.89. The first-order valence-electron chi connectivity index (χ1n) is 9.94. The summed E-state index contributed by atoms with van der Waals surface area (Å²) in [6, 6.07) is 20.8. The highest BCUT2D eigenvalue weighted by Gasteiger charge is 2.25. The fourth-order valence-electron chi connectivity index (χ4n) is 3.35. The lowest BCUT2D eigenvalue weighted by atomic mass is 9.95. The molecule has 3 rings (SSSR count). The molecule has 1 aliphatic rings. The summed E-state index contributed by atoms with van der Waals surface area (Å²) in [6.45, 7) is 5.02. The van der Waals surface area contributed by atoms with Gasteiger partial charge in [0.1, 0.15) is 0 Å². The summed E-state index contributed by atoms with van der Waals surface area (Å²) in [4.78, 5) is 33.2. The molecule has 160 valence electrons. The van der Waals surface area contributed by atoms with Crippen LogP contribution < -0.4 is 5.32 Å². The number of nitrogens with zero attached hydrogens (tertiary/aromatic N) is 1. The van der Waals surface area contributed by atoms with Crippen molar-refractivity contribution in [3.05, 3.63) is 71.8 Å². The van der Waals surface area contributed by atoms with Gasteiger partial charge in [-0.05, 0) is 44.0 Å². The molecule has 30 heavy (non-hydrogen) atoms. The molecule has 7 heteroatoms. The van der Waals surface area contributed by atoms with E-state index >= 15 is 0 Å². The van der Waals surface area contributed by atoms with Crippen LogP contribution in [-0.4, -0.2) is 46.0 Å². The number of rotatable bonds is 5. The SMILES string of the molecule is C[C@@H](NC(=O)C1CCN(Cc2ccccc2)CC1)c1ccccc1.O=C(O)C(=O)O. The number of benzene rings is 2. The summed E-state index contributed by atoms with van der Waals surface area (Å²) in [5, 5.41) is 18.0. The molecular formula is C23H28N2O5. The number of aliphatic carboxylic acids is 2. The van der Waals surface area contributed by atoms with E-state index in [4.69, 9.17) is 19.8 Å². The molecule has 0 saturated carbocycles. The zero-order valence-corrected chi connectivity index (χ0v) is 17.0. The van der Waals surface area contributed by atoms with Crippen molar-refractivity contribution in [2.24, 2.45) is 5.92 Å². The minimum Gasteiger partial charge on any atom is -0.473 e. The number of likely N-dealkylation sites (tertiary alicyclic amines) is 1. The van der Waals surface area contributed by atoms with E-state index in [-0.39, 0.29) is 17.9 Å². The van der Waals surface area contributed by atoms with Crippen molar-refractivity contribution < 1.29 is 24.6 Å². The molecule has 2 aromatic rings. The molecule has 7 nitrogen and oxygen atoms in total. The molecule has 3 N–H and O–H groups in total. The maximum Gasteiger partial charge on any atom is 0.414 e. The fourth-order valence-corrected chi connectivity index (χ4v) is 3.35. The van der Waals surface area contributed by atoms with Crippen LogP contribution in [0.4, 0.5) is 0 Å². The molecule has 1 fully saturated rings. The molecular weight excluding hydrogens is 384 g/mol. The Bertz CT molecular complexity index is 806. The molecule has 0 unspecified atom stereocenters. The van der Waals surface area contributed by atoms with Crippen LogP contribution in [0.1, 0.15) is 36.9 Å². The van der Waals surface area contributed by atoms with Gasteiger partial charge in [0.2, 0.25) is 5.91 Å². The van der Waals surface area contributed by atoms with E-state index in [9.17, 15) is 4.79 Å².